The van der Waals surface area contributed by atoms with E-state index in [4.69, 9.17) is 4.74 Å². The molecule has 0 heterocycles. The number of benzene rings is 1. The number of ether oxygens (including phenoxy) is 1. The third kappa shape index (κ3) is 4.55. The molecule has 3 unspecified atom stereocenters. The molecule has 0 amide bonds. The van der Waals surface area contributed by atoms with Gasteiger partial charge in [-0.1, -0.05) is 50.5 Å². The van der Waals surface area contributed by atoms with Crippen LogP contribution in [-0.4, -0.2) is 19.3 Å². The summed E-state index contributed by atoms with van der Waals surface area (Å²) in [4.78, 5) is 0. The summed E-state index contributed by atoms with van der Waals surface area (Å²) in [6.07, 6.45) is 5.69. The van der Waals surface area contributed by atoms with Crippen molar-refractivity contribution in [3.8, 4) is 0 Å². The molecule has 1 fully saturated rings. The largest absolute Gasteiger partial charge is 0.376 e. The second-order valence-electron chi connectivity index (χ2n) is 6.60. The first-order valence-corrected chi connectivity index (χ1v) is 8.54. The second kappa shape index (κ2) is 7.95. The first-order valence-electron chi connectivity index (χ1n) is 8.54. The third-order valence-electron chi connectivity index (χ3n) is 4.77. The Morgan fingerprint density at radius 2 is 2.00 bits per heavy atom. The quantitative estimate of drug-likeness (QED) is 0.829. The summed E-state index contributed by atoms with van der Waals surface area (Å²) in [5, 5.41) is 3.60. The van der Waals surface area contributed by atoms with Gasteiger partial charge in [0.1, 0.15) is 0 Å². The average Bonchev–Trinajstić information content (AvgIpc) is 2.48. The highest BCUT2D eigenvalue weighted by atomic mass is 16.5. The predicted molar refractivity (Wildman–Crippen MR) is 89.7 cm³/mol. The zero-order valence-corrected chi connectivity index (χ0v) is 14.1. The molecular formula is C19H31NO. The number of hydrogen-bond donors (Lipinski definition) is 1. The smallest absolute Gasteiger partial charge is 0.0665 e. The highest BCUT2D eigenvalue weighted by Gasteiger charge is 2.23. The summed E-state index contributed by atoms with van der Waals surface area (Å²) in [6.45, 7) is 10.6. The second-order valence-corrected chi connectivity index (χ2v) is 6.60. The Labute approximate surface area is 130 Å². The molecule has 0 aromatic heterocycles. The van der Waals surface area contributed by atoms with Crippen molar-refractivity contribution in [1.82, 2.24) is 5.32 Å². The Hall–Kier alpha value is -0.860. The van der Waals surface area contributed by atoms with Crippen LogP contribution in [0.4, 0.5) is 0 Å². The van der Waals surface area contributed by atoms with Crippen LogP contribution in [0.5, 0.6) is 0 Å². The highest BCUT2D eigenvalue weighted by Crippen LogP contribution is 2.28. The van der Waals surface area contributed by atoms with E-state index in [9.17, 15) is 0 Å². The van der Waals surface area contributed by atoms with Crippen molar-refractivity contribution < 1.29 is 4.74 Å². The summed E-state index contributed by atoms with van der Waals surface area (Å²) in [5.41, 5.74) is 4.07. The lowest BCUT2D eigenvalue weighted by Crippen LogP contribution is -2.32. The number of aryl methyl sites for hydroxylation is 2. The Morgan fingerprint density at radius 1 is 1.24 bits per heavy atom. The van der Waals surface area contributed by atoms with Crippen LogP contribution in [0.1, 0.15) is 62.3 Å². The maximum Gasteiger partial charge on any atom is 0.0665 e. The minimum absolute atomic E-state index is 0.309. The molecule has 1 aromatic carbocycles. The molecule has 21 heavy (non-hydrogen) atoms. The molecule has 0 aliphatic heterocycles. The van der Waals surface area contributed by atoms with Crippen LogP contribution in [0, 0.1) is 19.8 Å². The van der Waals surface area contributed by atoms with Gasteiger partial charge in [-0.05, 0) is 50.3 Å². The Kier molecular flexibility index (Phi) is 6.25. The fraction of sp³-hybridized carbons (Fsp3) is 0.684. The van der Waals surface area contributed by atoms with Crippen LogP contribution in [0.3, 0.4) is 0 Å². The van der Waals surface area contributed by atoms with Crippen LogP contribution >= 0.6 is 0 Å². The predicted octanol–water partition coefficient (Wildman–Crippen LogP) is 4.55. The van der Waals surface area contributed by atoms with E-state index < -0.39 is 0 Å². The van der Waals surface area contributed by atoms with Gasteiger partial charge in [0.25, 0.3) is 0 Å². The lowest BCUT2D eigenvalue weighted by molar-refractivity contribution is -0.0152. The minimum atomic E-state index is 0.309. The van der Waals surface area contributed by atoms with E-state index in [0.717, 1.165) is 13.2 Å². The molecule has 1 N–H and O–H groups in total. The molecule has 1 aromatic rings. The van der Waals surface area contributed by atoms with E-state index in [1.54, 1.807) is 0 Å². The van der Waals surface area contributed by atoms with E-state index in [1.165, 1.54) is 42.4 Å². The molecule has 2 nitrogen and oxygen atoms in total. The van der Waals surface area contributed by atoms with Crippen molar-refractivity contribution in [2.24, 2.45) is 5.92 Å². The maximum atomic E-state index is 6.30. The number of rotatable bonds is 6. The standard InChI is InChI=1S/C19H31NO/c1-5-20-18(17-12-14(2)10-11-15(17)3)13-21-19-9-7-6-8-16(19)4/h10-12,16,18-20H,5-9,13H2,1-4H3. The summed E-state index contributed by atoms with van der Waals surface area (Å²) >= 11 is 0. The third-order valence-corrected chi connectivity index (χ3v) is 4.77. The molecule has 2 heteroatoms. The molecule has 0 saturated heterocycles. The van der Waals surface area contributed by atoms with E-state index in [-0.39, 0.29) is 0 Å². The highest BCUT2D eigenvalue weighted by molar-refractivity contribution is 5.33. The van der Waals surface area contributed by atoms with Crippen LogP contribution in [0.25, 0.3) is 0 Å². The first kappa shape index (κ1) is 16.5. The lowest BCUT2D eigenvalue weighted by atomic mass is 9.88. The normalized spacial score (nSPS) is 24.0. The Balaban J connectivity index is 2.03. The van der Waals surface area contributed by atoms with Gasteiger partial charge >= 0.3 is 0 Å². The van der Waals surface area contributed by atoms with E-state index >= 15 is 0 Å². The fourth-order valence-electron chi connectivity index (χ4n) is 3.39. The molecule has 0 radical (unpaired) electrons. The monoisotopic (exact) mass is 289 g/mol. The van der Waals surface area contributed by atoms with Gasteiger partial charge in [-0.25, -0.2) is 0 Å². The molecule has 0 spiro atoms. The molecule has 1 aliphatic rings. The number of likely N-dealkylation sites (N-methyl/N-ethyl adjacent to an activating group) is 1. The molecule has 118 valence electrons. The van der Waals surface area contributed by atoms with Crippen molar-refractivity contribution >= 4 is 0 Å². The summed E-state index contributed by atoms with van der Waals surface area (Å²) < 4.78 is 6.30. The fourth-order valence-corrected chi connectivity index (χ4v) is 3.39. The zero-order chi connectivity index (χ0) is 15.2. The van der Waals surface area contributed by atoms with Crippen LogP contribution in [0.2, 0.25) is 0 Å². The Bertz CT molecular complexity index is 443. The molecule has 0 bridgehead atoms. The maximum absolute atomic E-state index is 6.30. The van der Waals surface area contributed by atoms with Gasteiger partial charge in [-0.15, -0.1) is 0 Å². The van der Waals surface area contributed by atoms with Gasteiger partial charge in [-0.2, -0.15) is 0 Å². The van der Waals surface area contributed by atoms with Gasteiger partial charge in [0, 0.05) is 0 Å². The van der Waals surface area contributed by atoms with Crippen LogP contribution < -0.4 is 5.32 Å². The zero-order valence-electron chi connectivity index (χ0n) is 14.1. The van der Waals surface area contributed by atoms with Gasteiger partial charge in [0.15, 0.2) is 0 Å². The van der Waals surface area contributed by atoms with Crippen molar-refractivity contribution in [2.75, 3.05) is 13.2 Å². The van der Waals surface area contributed by atoms with Gasteiger partial charge < -0.3 is 10.1 Å². The molecule has 2 rings (SSSR count). The Morgan fingerprint density at radius 3 is 2.71 bits per heavy atom. The summed E-state index contributed by atoms with van der Waals surface area (Å²) in [6, 6.07) is 7.02. The summed E-state index contributed by atoms with van der Waals surface area (Å²) in [7, 11) is 0. The van der Waals surface area contributed by atoms with Crippen molar-refractivity contribution in [3.63, 3.8) is 0 Å². The number of hydrogen-bond acceptors (Lipinski definition) is 2. The van der Waals surface area contributed by atoms with Crippen molar-refractivity contribution in [1.29, 1.82) is 0 Å². The van der Waals surface area contributed by atoms with Gasteiger partial charge in [0.2, 0.25) is 0 Å². The minimum Gasteiger partial charge on any atom is -0.376 e. The SMILES string of the molecule is CCNC(COC1CCCCC1C)c1cc(C)ccc1C. The molecule has 3 atom stereocenters. The van der Waals surface area contributed by atoms with Crippen molar-refractivity contribution in [2.45, 2.75) is 65.5 Å². The van der Waals surface area contributed by atoms with Gasteiger partial charge in [0.05, 0.1) is 18.8 Å². The molecular weight excluding hydrogens is 258 g/mol. The van der Waals surface area contributed by atoms with E-state index in [2.05, 4.69) is 51.2 Å². The van der Waals surface area contributed by atoms with Crippen molar-refractivity contribution in [3.05, 3.63) is 34.9 Å². The lowest BCUT2D eigenvalue weighted by Gasteiger charge is -2.31. The van der Waals surface area contributed by atoms with E-state index in [0.29, 0.717) is 18.1 Å². The van der Waals surface area contributed by atoms with Gasteiger partial charge in [-0.3, -0.25) is 0 Å². The first-order chi connectivity index (χ1) is 10.1. The van der Waals surface area contributed by atoms with Crippen LogP contribution in [-0.2, 0) is 4.74 Å². The average molecular weight is 289 g/mol. The van der Waals surface area contributed by atoms with E-state index in [1.807, 2.05) is 0 Å². The summed E-state index contributed by atoms with van der Waals surface area (Å²) in [5.74, 6) is 0.708. The molecule has 1 aliphatic carbocycles. The molecule has 1 saturated carbocycles. The van der Waals surface area contributed by atoms with Crippen LogP contribution in [0.15, 0.2) is 18.2 Å². The topological polar surface area (TPSA) is 21.3 Å². The number of nitrogens with one attached hydrogen (secondary N) is 1.